The molecule has 6 nitrogen and oxygen atoms in total. The van der Waals surface area contributed by atoms with Crippen LogP contribution in [0.4, 0.5) is 4.79 Å². The molecule has 1 aromatic carbocycles. The molecule has 1 heterocycles. The Kier molecular flexibility index (Phi) is 5.19. The Morgan fingerprint density at radius 2 is 1.90 bits per heavy atom. The molecule has 7 heteroatoms. The van der Waals surface area contributed by atoms with E-state index in [0.717, 1.165) is 19.1 Å². The van der Waals surface area contributed by atoms with E-state index in [4.69, 9.17) is 4.74 Å². The van der Waals surface area contributed by atoms with Crippen molar-refractivity contribution in [3.8, 4) is 5.75 Å². The fourth-order valence-electron chi connectivity index (χ4n) is 2.24. The fraction of sp³-hybridized carbons (Fsp3) is 0.500. The third-order valence-electron chi connectivity index (χ3n) is 3.46. The third-order valence-corrected chi connectivity index (χ3v) is 4.15. The van der Waals surface area contributed by atoms with Gasteiger partial charge in [0.1, 0.15) is 5.75 Å². The normalized spacial score (nSPS) is 16.7. The molecular weight excluding hydrogens is 292 g/mol. The first kappa shape index (κ1) is 15.8. The highest BCUT2D eigenvalue weighted by Crippen LogP contribution is 2.18. The van der Waals surface area contributed by atoms with Crippen LogP contribution in [0.2, 0.25) is 0 Å². The van der Waals surface area contributed by atoms with Crippen LogP contribution in [0, 0.1) is 5.92 Å². The predicted molar refractivity (Wildman–Crippen MR) is 79.6 cm³/mol. The van der Waals surface area contributed by atoms with E-state index in [2.05, 4.69) is 4.72 Å². The monoisotopic (exact) mass is 312 g/mol. The van der Waals surface area contributed by atoms with Gasteiger partial charge in [0, 0.05) is 19.6 Å². The summed E-state index contributed by atoms with van der Waals surface area (Å²) in [5.41, 5.74) is 0. The van der Waals surface area contributed by atoms with Gasteiger partial charge in [-0.2, -0.15) is 0 Å². The van der Waals surface area contributed by atoms with Crippen LogP contribution in [0.25, 0.3) is 0 Å². The molecule has 0 radical (unpaired) electrons. The number of sulfonamides is 1. The van der Waals surface area contributed by atoms with Gasteiger partial charge in [0.15, 0.2) is 0 Å². The van der Waals surface area contributed by atoms with Crippen molar-refractivity contribution in [1.29, 1.82) is 0 Å². The summed E-state index contributed by atoms with van der Waals surface area (Å²) in [7, 11) is -3.15. The Labute approximate surface area is 125 Å². The minimum absolute atomic E-state index is 0.264. The summed E-state index contributed by atoms with van der Waals surface area (Å²) in [5, 5.41) is 0. The van der Waals surface area contributed by atoms with E-state index >= 15 is 0 Å². The SMILES string of the molecule is CS(=O)(=O)NCC1CCN(C(=O)Oc2ccccc2)CC1. The van der Waals surface area contributed by atoms with Crippen LogP contribution >= 0.6 is 0 Å². The first-order chi connectivity index (χ1) is 9.94. The van der Waals surface area contributed by atoms with Gasteiger partial charge in [-0.25, -0.2) is 17.9 Å². The fourth-order valence-corrected chi connectivity index (χ4v) is 2.78. The lowest BCUT2D eigenvalue weighted by Gasteiger charge is -2.31. The number of nitrogens with zero attached hydrogens (tertiary/aromatic N) is 1. The maximum atomic E-state index is 12.0. The maximum Gasteiger partial charge on any atom is 0.415 e. The number of para-hydroxylation sites is 1. The number of carbonyl (C=O) groups is 1. The molecule has 1 fully saturated rings. The van der Waals surface area contributed by atoms with E-state index in [9.17, 15) is 13.2 Å². The topological polar surface area (TPSA) is 75.7 Å². The molecule has 1 N–H and O–H groups in total. The summed E-state index contributed by atoms with van der Waals surface area (Å²) < 4.78 is 29.9. The van der Waals surface area contributed by atoms with Crippen molar-refractivity contribution in [1.82, 2.24) is 9.62 Å². The van der Waals surface area contributed by atoms with Gasteiger partial charge in [0.05, 0.1) is 6.26 Å². The lowest BCUT2D eigenvalue weighted by molar-refractivity contribution is 0.131. The van der Waals surface area contributed by atoms with Gasteiger partial charge in [0.2, 0.25) is 10.0 Å². The third kappa shape index (κ3) is 5.35. The molecule has 0 spiro atoms. The van der Waals surface area contributed by atoms with Crippen LogP contribution in [0.3, 0.4) is 0 Å². The van der Waals surface area contributed by atoms with Crippen LogP contribution < -0.4 is 9.46 Å². The maximum absolute atomic E-state index is 12.0. The Bertz CT molecular complexity index is 566. The van der Waals surface area contributed by atoms with Crippen molar-refractivity contribution in [2.75, 3.05) is 25.9 Å². The smallest absolute Gasteiger partial charge is 0.410 e. The van der Waals surface area contributed by atoms with Crippen molar-refractivity contribution in [3.63, 3.8) is 0 Å². The molecule has 0 bridgehead atoms. The highest BCUT2D eigenvalue weighted by atomic mass is 32.2. The van der Waals surface area contributed by atoms with E-state index in [1.165, 1.54) is 0 Å². The first-order valence-electron chi connectivity index (χ1n) is 6.90. The molecule has 1 aromatic rings. The average molecular weight is 312 g/mol. The van der Waals surface area contributed by atoms with Crippen LogP contribution in [-0.2, 0) is 10.0 Å². The van der Waals surface area contributed by atoms with Gasteiger partial charge in [-0.3, -0.25) is 0 Å². The van der Waals surface area contributed by atoms with E-state index in [1.54, 1.807) is 17.0 Å². The summed E-state index contributed by atoms with van der Waals surface area (Å²) in [4.78, 5) is 13.6. The Morgan fingerprint density at radius 3 is 2.48 bits per heavy atom. The summed E-state index contributed by atoms with van der Waals surface area (Å²) >= 11 is 0. The zero-order chi connectivity index (χ0) is 15.3. The standard InChI is InChI=1S/C14H20N2O4S/c1-21(18,19)15-11-12-7-9-16(10-8-12)14(17)20-13-5-3-2-4-6-13/h2-6,12,15H,7-11H2,1H3. The highest BCUT2D eigenvalue weighted by Gasteiger charge is 2.24. The largest absolute Gasteiger partial charge is 0.415 e. The van der Waals surface area contributed by atoms with Gasteiger partial charge >= 0.3 is 6.09 Å². The predicted octanol–water partition coefficient (Wildman–Crippen LogP) is 1.45. The molecule has 1 aliphatic heterocycles. The van der Waals surface area contributed by atoms with E-state index in [1.807, 2.05) is 18.2 Å². The molecule has 0 unspecified atom stereocenters. The van der Waals surface area contributed by atoms with Gasteiger partial charge in [-0.1, -0.05) is 18.2 Å². The number of hydrogen-bond donors (Lipinski definition) is 1. The summed E-state index contributed by atoms with van der Waals surface area (Å²) in [6.45, 7) is 1.60. The van der Waals surface area contributed by atoms with Crippen molar-refractivity contribution in [2.24, 2.45) is 5.92 Å². The molecule has 2 rings (SSSR count). The van der Waals surface area contributed by atoms with Gasteiger partial charge in [-0.15, -0.1) is 0 Å². The molecule has 1 aliphatic rings. The second kappa shape index (κ2) is 6.91. The summed E-state index contributed by atoms with van der Waals surface area (Å²) in [6, 6.07) is 8.95. The zero-order valence-electron chi connectivity index (χ0n) is 12.0. The summed E-state index contributed by atoms with van der Waals surface area (Å²) in [6.07, 6.45) is 2.34. The number of nitrogens with one attached hydrogen (secondary N) is 1. The van der Waals surface area contributed by atoms with Gasteiger partial charge in [0.25, 0.3) is 0 Å². The number of benzene rings is 1. The van der Waals surface area contributed by atoms with E-state index in [0.29, 0.717) is 25.4 Å². The molecule has 0 aliphatic carbocycles. The lowest BCUT2D eigenvalue weighted by atomic mass is 9.97. The Morgan fingerprint density at radius 1 is 1.29 bits per heavy atom. The molecule has 0 atom stereocenters. The van der Waals surface area contributed by atoms with Crippen LogP contribution in [0.1, 0.15) is 12.8 Å². The molecule has 1 saturated heterocycles. The number of likely N-dealkylation sites (tertiary alicyclic amines) is 1. The quantitative estimate of drug-likeness (QED) is 0.913. The molecule has 0 saturated carbocycles. The van der Waals surface area contributed by atoms with Gasteiger partial charge in [-0.05, 0) is 30.9 Å². The molecule has 21 heavy (non-hydrogen) atoms. The second-order valence-electron chi connectivity index (χ2n) is 5.23. The lowest BCUT2D eigenvalue weighted by Crippen LogP contribution is -2.42. The minimum atomic E-state index is -3.15. The first-order valence-corrected chi connectivity index (χ1v) is 8.79. The van der Waals surface area contributed by atoms with Crippen LogP contribution in [0.5, 0.6) is 5.75 Å². The van der Waals surface area contributed by atoms with Gasteiger partial charge < -0.3 is 9.64 Å². The summed E-state index contributed by atoms with van der Waals surface area (Å²) in [5.74, 6) is 0.795. The second-order valence-corrected chi connectivity index (χ2v) is 7.07. The molecule has 1 amide bonds. The van der Waals surface area contributed by atoms with E-state index in [-0.39, 0.29) is 12.0 Å². The average Bonchev–Trinajstić information content (AvgIpc) is 2.46. The number of piperidine rings is 1. The van der Waals surface area contributed by atoms with E-state index < -0.39 is 10.0 Å². The van der Waals surface area contributed by atoms with Crippen molar-refractivity contribution >= 4 is 16.1 Å². The zero-order valence-corrected chi connectivity index (χ0v) is 12.8. The Balaban J connectivity index is 1.77. The number of ether oxygens (including phenoxy) is 1. The number of rotatable bonds is 4. The Hall–Kier alpha value is -1.60. The minimum Gasteiger partial charge on any atom is -0.410 e. The molecule has 116 valence electrons. The highest BCUT2D eigenvalue weighted by molar-refractivity contribution is 7.88. The number of carbonyl (C=O) groups excluding carboxylic acids is 1. The molecule has 0 aromatic heterocycles. The van der Waals surface area contributed by atoms with Crippen LogP contribution in [-0.4, -0.2) is 45.3 Å². The van der Waals surface area contributed by atoms with Crippen LogP contribution in [0.15, 0.2) is 30.3 Å². The van der Waals surface area contributed by atoms with Crippen molar-refractivity contribution in [3.05, 3.63) is 30.3 Å². The van der Waals surface area contributed by atoms with Crippen molar-refractivity contribution in [2.45, 2.75) is 12.8 Å². The molecular formula is C14H20N2O4S. The number of hydrogen-bond acceptors (Lipinski definition) is 4. The van der Waals surface area contributed by atoms with Crippen molar-refractivity contribution < 1.29 is 17.9 Å². The number of amides is 1.